The molecule has 2 aromatic carbocycles. The van der Waals surface area contributed by atoms with Crippen LogP contribution in [0.2, 0.25) is 0 Å². The molecule has 22 heavy (non-hydrogen) atoms. The van der Waals surface area contributed by atoms with Crippen molar-refractivity contribution in [2.45, 2.75) is 6.92 Å². The van der Waals surface area contributed by atoms with E-state index in [1.807, 2.05) is 6.92 Å². The molecule has 0 aliphatic heterocycles. The van der Waals surface area contributed by atoms with Gasteiger partial charge in [-0.3, -0.25) is 0 Å². The van der Waals surface area contributed by atoms with Gasteiger partial charge in [-0.25, -0.2) is 4.79 Å². The molecule has 0 fully saturated rings. The van der Waals surface area contributed by atoms with Crippen molar-refractivity contribution in [3.8, 4) is 23.0 Å². The smallest absolute Gasteiger partial charge is 0.336 e. The topological polar surface area (TPSA) is 76.0 Å². The van der Waals surface area contributed by atoms with Gasteiger partial charge >= 0.3 is 5.97 Å². The first-order valence-corrected chi connectivity index (χ1v) is 6.73. The summed E-state index contributed by atoms with van der Waals surface area (Å²) < 4.78 is 10.4. The summed E-state index contributed by atoms with van der Waals surface area (Å²) in [5.74, 6) is 0.108. The zero-order valence-electron chi connectivity index (χ0n) is 12.0. The molecule has 5 nitrogen and oxygen atoms in total. The molecule has 114 valence electrons. The number of hydrogen-bond donors (Lipinski definition) is 2. The Morgan fingerprint density at radius 1 is 1.05 bits per heavy atom. The van der Waals surface area contributed by atoms with E-state index in [2.05, 4.69) is 0 Å². The first-order valence-electron chi connectivity index (χ1n) is 6.73. The first kappa shape index (κ1) is 15.4. The lowest BCUT2D eigenvalue weighted by Gasteiger charge is -2.04. The van der Waals surface area contributed by atoms with E-state index in [0.29, 0.717) is 23.7 Å². The highest BCUT2D eigenvalue weighted by Gasteiger charge is 2.02. The molecule has 2 aromatic rings. The summed E-state index contributed by atoms with van der Waals surface area (Å²) in [6, 6.07) is 11.0. The molecule has 0 radical (unpaired) electrons. The lowest BCUT2D eigenvalue weighted by atomic mass is 10.2. The molecule has 0 aliphatic carbocycles. The second-order valence-corrected chi connectivity index (χ2v) is 4.41. The molecule has 5 heteroatoms. The standard InChI is InChI=1S/C17H16O5/c1-2-21-13-5-7-14(8-6-13)22-17(20)10-4-12-3-9-15(18)16(19)11-12/h3-11,18-19H,2H2,1H3/b10-4+. The Morgan fingerprint density at radius 3 is 2.36 bits per heavy atom. The number of benzene rings is 2. The molecule has 0 bridgehead atoms. The number of phenolic OH excluding ortho intramolecular Hbond substituents is 2. The molecule has 0 heterocycles. The van der Waals surface area contributed by atoms with Crippen molar-refractivity contribution in [2.75, 3.05) is 6.61 Å². The maximum absolute atomic E-state index is 11.7. The molecule has 2 N–H and O–H groups in total. The summed E-state index contributed by atoms with van der Waals surface area (Å²) in [6.07, 6.45) is 2.72. The van der Waals surface area contributed by atoms with Crippen LogP contribution in [0.25, 0.3) is 6.08 Å². The minimum absolute atomic E-state index is 0.214. The number of carbonyl (C=O) groups is 1. The number of phenols is 2. The number of hydrogen-bond acceptors (Lipinski definition) is 5. The van der Waals surface area contributed by atoms with Crippen molar-refractivity contribution in [2.24, 2.45) is 0 Å². The minimum atomic E-state index is -0.545. The van der Waals surface area contributed by atoms with Crippen molar-refractivity contribution < 1.29 is 24.5 Å². The van der Waals surface area contributed by atoms with Gasteiger partial charge in [0.1, 0.15) is 11.5 Å². The summed E-state index contributed by atoms with van der Waals surface area (Å²) in [5, 5.41) is 18.6. The monoisotopic (exact) mass is 300 g/mol. The Kier molecular flexibility index (Phi) is 5.03. The molecular formula is C17H16O5. The third-order valence-electron chi connectivity index (χ3n) is 2.76. The Hall–Kier alpha value is -2.95. The second kappa shape index (κ2) is 7.17. The van der Waals surface area contributed by atoms with E-state index in [1.165, 1.54) is 24.3 Å². The Bertz CT molecular complexity index is 674. The van der Waals surface area contributed by atoms with E-state index in [9.17, 15) is 15.0 Å². The van der Waals surface area contributed by atoms with Crippen molar-refractivity contribution >= 4 is 12.0 Å². The lowest BCUT2D eigenvalue weighted by molar-refractivity contribution is -0.128. The summed E-state index contributed by atoms with van der Waals surface area (Å²) in [7, 11) is 0. The number of esters is 1. The van der Waals surface area contributed by atoms with Gasteiger partial charge < -0.3 is 19.7 Å². The van der Waals surface area contributed by atoms with E-state index >= 15 is 0 Å². The highest BCUT2D eigenvalue weighted by atomic mass is 16.5. The van der Waals surface area contributed by atoms with Gasteiger partial charge in [-0.05, 0) is 55.0 Å². The fourth-order valence-corrected chi connectivity index (χ4v) is 1.73. The number of carbonyl (C=O) groups excluding carboxylic acids is 1. The van der Waals surface area contributed by atoms with E-state index in [4.69, 9.17) is 9.47 Å². The van der Waals surface area contributed by atoms with Crippen LogP contribution in [0.1, 0.15) is 12.5 Å². The van der Waals surface area contributed by atoms with Crippen molar-refractivity contribution in [3.05, 3.63) is 54.1 Å². The van der Waals surface area contributed by atoms with Crippen LogP contribution in [0, 0.1) is 0 Å². The van der Waals surface area contributed by atoms with Crippen LogP contribution < -0.4 is 9.47 Å². The van der Waals surface area contributed by atoms with Crippen LogP contribution >= 0.6 is 0 Å². The SMILES string of the molecule is CCOc1ccc(OC(=O)/C=C/c2ccc(O)c(O)c2)cc1. The van der Waals surface area contributed by atoms with Gasteiger partial charge in [-0.15, -0.1) is 0 Å². The molecule has 0 unspecified atom stereocenters. The van der Waals surface area contributed by atoms with Gasteiger partial charge in [-0.2, -0.15) is 0 Å². The molecule has 0 spiro atoms. The maximum Gasteiger partial charge on any atom is 0.336 e. The Labute approximate surface area is 128 Å². The summed E-state index contributed by atoms with van der Waals surface area (Å²) >= 11 is 0. The number of aromatic hydroxyl groups is 2. The molecular weight excluding hydrogens is 284 g/mol. The van der Waals surface area contributed by atoms with Crippen LogP contribution in [-0.2, 0) is 4.79 Å². The lowest BCUT2D eigenvalue weighted by Crippen LogP contribution is -2.03. The summed E-state index contributed by atoms with van der Waals surface area (Å²) in [5.41, 5.74) is 0.568. The minimum Gasteiger partial charge on any atom is -0.504 e. The predicted molar refractivity (Wildman–Crippen MR) is 82.1 cm³/mol. The highest BCUT2D eigenvalue weighted by Crippen LogP contribution is 2.25. The summed E-state index contributed by atoms with van der Waals surface area (Å²) in [6.45, 7) is 2.46. The molecule has 0 aliphatic rings. The van der Waals surface area contributed by atoms with Crippen LogP contribution in [0.4, 0.5) is 0 Å². The second-order valence-electron chi connectivity index (χ2n) is 4.41. The summed E-state index contributed by atoms with van der Waals surface area (Å²) in [4.78, 5) is 11.7. The third kappa shape index (κ3) is 4.28. The van der Waals surface area contributed by atoms with Crippen LogP contribution in [0.5, 0.6) is 23.0 Å². The van der Waals surface area contributed by atoms with Gasteiger partial charge in [0.05, 0.1) is 6.61 Å². The molecule has 2 rings (SSSR count). The third-order valence-corrected chi connectivity index (χ3v) is 2.76. The van der Waals surface area contributed by atoms with E-state index in [-0.39, 0.29) is 11.5 Å². The highest BCUT2D eigenvalue weighted by molar-refractivity contribution is 5.88. The Morgan fingerprint density at radius 2 is 1.73 bits per heavy atom. The quantitative estimate of drug-likeness (QED) is 0.384. The average Bonchev–Trinajstić information content (AvgIpc) is 2.51. The van der Waals surface area contributed by atoms with Crippen LogP contribution in [0.3, 0.4) is 0 Å². The first-order chi connectivity index (χ1) is 10.6. The fourth-order valence-electron chi connectivity index (χ4n) is 1.73. The van der Waals surface area contributed by atoms with Crippen LogP contribution in [-0.4, -0.2) is 22.8 Å². The van der Waals surface area contributed by atoms with E-state index < -0.39 is 5.97 Å². The normalized spacial score (nSPS) is 10.6. The van der Waals surface area contributed by atoms with Gasteiger partial charge in [0, 0.05) is 6.08 Å². The number of rotatable bonds is 5. The number of ether oxygens (including phenoxy) is 2. The van der Waals surface area contributed by atoms with Crippen molar-refractivity contribution in [3.63, 3.8) is 0 Å². The van der Waals surface area contributed by atoms with Gasteiger partial charge in [0.25, 0.3) is 0 Å². The van der Waals surface area contributed by atoms with Crippen LogP contribution in [0.15, 0.2) is 48.5 Å². The van der Waals surface area contributed by atoms with Gasteiger partial charge in [-0.1, -0.05) is 6.07 Å². The average molecular weight is 300 g/mol. The maximum atomic E-state index is 11.7. The molecule has 0 saturated heterocycles. The molecule has 0 atom stereocenters. The predicted octanol–water partition coefficient (Wildman–Crippen LogP) is 3.12. The molecule has 0 aromatic heterocycles. The zero-order valence-corrected chi connectivity index (χ0v) is 12.0. The molecule has 0 amide bonds. The fraction of sp³-hybridized carbons (Fsp3) is 0.118. The largest absolute Gasteiger partial charge is 0.504 e. The molecule has 0 saturated carbocycles. The van der Waals surface area contributed by atoms with Gasteiger partial charge in [0.15, 0.2) is 11.5 Å². The van der Waals surface area contributed by atoms with Gasteiger partial charge in [0.2, 0.25) is 0 Å². The zero-order chi connectivity index (χ0) is 15.9. The van der Waals surface area contributed by atoms with Crippen molar-refractivity contribution in [1.82, 2.24) is 0 Å². The van der Waals surface area contributed by atoms with Crippen molar-refractivity contribution in [1.29, 1.82) is 0 Å². The Balaban J connectivity index is 1.97. The van der Waals surface area contributed by atoms with E-state index in [0.717, 1.165) is 0 Å². The van der Waals surface area contributed by atoms with E-state index in [1.54, 1.807) is 30.3 Å².